The Bertz CT molecular complexity index is 1100. The number of para-hydroxylation sites is 1. The average Bonchev–Trinajstić information content (AvgIpc) is 2.71. The van der Waals surface area contributed by atoms with Gasteiger partial charge in [0.15, 0.2) is 5.16 Å². The summed E-state index contributed by atoms with van der Waals surface area (Å²) >= 11 is 1.39. The van der Waals surface area contributed by atoms with E-state index in [4.69, 9.17) is 0 Å². The summed E-state index contributed by atoms with van der Waals surface area (Å²) in [7, 11) is -3.53. The summed E-state index contributed by atoms with van der Waals surface area (Å²) in [6.45, 7) is 2.92. The number of unbranched alkanes of at least 4 members (excludes halogenated alkanes) is 1. The van der Waals surface area contributed by atoms with Crippen molar-refractivity contribution in [1.82, 2.24) is 14.3 Å². The van der Waals surface area contributed by atoms with Crippen molar-refractivity contribution in [3.63, 3.8) is 0 Å². The van der Waals surface area contributed by atoms with E-state index in [1.165, 1.54) is 11.8 Å². The van der Waals surface area contributed by atoms with Crippen molar-refractivity contribution in [3.8, 4) is 0 Å². The molecule has 3 aromatic rings. The molecule has 0 amide bonds. The molecule has 8 heteroatoms. The molecular formula is C20H23N3O3S2. The first kappa shape index (κ1) is 20.6. The standard InChI is InChI=1S/C20H23N3O3S2/c1-2-3-14-23-19(24)17-11-7-8-12-18(17)22-20(23)27-15-13-21-28(25,26)16-9-5-4-6-10-16/h4-12,21H,2-3,13-15H2,1H3. The number of hydrogen-bond donors (Lipinski definition) is 1. The van der Waals surface area contributed by atoms with Gasteiger partial charge in [0.1, 0.15) is 0 Å². The van der Waals surface area contributed by atoms with Crippen LogP contribution in [0, 0.1) is 0 Å². The van der Waals surface area contributed by atoms with E-state index >= 15 is 0 Å². The zero-order valence-electron chi connectivity index (χ0n) is 15.7. The Kier molecular flexibility index (Phi) is 6.88. The fourth-order valence-corrected chi connectivity index (χ4v) is 4.83. The number of rotatable bonds is 9. The molecule has 0 atom stereocenters. The lowest BCUT2D eigenvalue weighted by Crippen LogP contribution is -2.27. The van der Waals surface area contributed by atoms with Gasteiger partial charge < -0.3 is 0 Å². The minimum atomic E-state index is -3.53. The van der Waals surface area contributed by atoms with Gasteiger partial charge in [0, 0.05) is 18.8 Å². The topological polar surface area (TPSA) is 81.1 Å². The van der Waals surface area contributed by atoms with Crippen molar-refractivity contribution in [2.24, 2.45) is 0 Å². The number of nitrogens with zero attached hydrogens (tertiary/aromatic N) is 2. The first-order valence-corrected chi connectivity index (χ1v) is 11.7. The van der Waals surface area contributed by atoms with Crippen LogP contribution in [0.15, 0.2) is 69.4 Å². The number of sulfonamides is 1. The van der Waals surface area contributed by atoms with Gasteiger partial charge in [-0.05, 0) is 30.7 Å². The molecule has 2 aromatic carbocycles. The first-order valence-electron chi connectivity index (χ1n) is 9.20. The third-order valence-electron chi connectivity index (χ3n) is 4.24. The lowest BCUT2D eigenvalue weighted by atomic mass is 10.2. The summed E-state index contributed by atoms with van der Waals surface area (Å²) in [4.78, 5) is 17.7. The van der Waals surface area contributed by atoms with E-state index in [9.17, 15) is 13.2 Å². The van der Waals surface area contributed by atoms with Crippen LogP contribution < -0.4 is 10.3 Å². The van der Waals surface area contributed by atoms with Gasteiger partial charge in [0.05, 0.1) is 15.8 Å². The van der Waals surface area contributed by atoms with Crippen LogP contribution in [0.2, 0.25) is 0 Å². The molecule has 6 nitrogen and oxygen atoms in total. The van der Waals surface area contributed by atoms with Gasteiger partial charge >= 0.3 is 0 Å². The molecule has 0 saturated carbocycles. The summed E-state index contributed by atoms with van der Waals surface area (Å²) in [6, 6.07) is 15.6. The number of thioether (sulfide) groups is 1. The second-order valence-corrected chi connectivity index (χ2v) is 9.11. The number of hydrogen-bond acceptors (Lipinski definition) is 5. The van der Waals surface area contributed by atoms with E-state index < -0.39 is 10.0 Å². The van der Waals surface area contributed by atoms with Crippen LogP contribution >= 0.6 is 11.8 Å². The molecule has 3 rings (SSSR count). The van der Waals surface area contributed by atoms with E-state index in [2.05, 4.69) is 16.6 Å². The van der Waals surface area contributed by atoms with Crippen molar-refractivity contribution in [1.29, 1.82) is 0 Å². The molecular weight excluding hydrogens is 394 g/mol. The van der Waals surface area contributed by atoms with Crippen LogP contribution in [-0.4, -0.2) is 30.3 Å². The van der Waals surface area contributed by atoms with Gasteiger partial charge in [-0.3, -0.25) is 9.36 Å². The third-order valence-corrected chi connectivity index (χ3v) is 6.70. The highest BCUT2D eigenvalue weighted by atomic mass is 32.2. The number of nitrogens with one attached hydrogen (secondary N) is 1. The molecule has 1 N–H and O–H groups in total. The number of aromatic nitrogens is 2. The lowest BCUT2D eigenvalue weighted by molar-refractivity contribution is 0.557. The van der Waals surface area contributed by atoms with Crippen molar-refractivity contribution in [2.45, 2.75) is 36.4 Å². The van der Waals surface area contributed by atoms with Gasteiger partial charge in [-0.15, -0.1) is 0 Å². The molecule has 0 aliphatic carbocycles. The Hall–Kier alpha value is -2.16. The maximum atomic E-state index is 12.8. The minimum Gasteiger partial charge on any atom is -0.287 e. The lowest BCUT2D eigenvalue weighted by Gasteiger charge is -2.13. The van der Waals surface area contributed by atoms with Gasteiger partial charge in [-0.2, -0.15) is 0 Å². The Balaban J connectivity index is 1.74. The Labute approximate surface area is 169 Å². The molecule has 1 heterocycles. The molecule has 0 saturated heterocycles. The molecule has 0 spiro atoms. The monoisotopic (exact) mass is 417 g/mol. The molecule has 28 heavy (non-hydrogen) atoms. The van der Waals surface area contributed by atoms with Crippen molar-refractivity contribution in [2.75, 3.05) is 12.3 Å². The van der Waals surface area contributed by atoms with Crippen molar-refractivity contribution in [3.05, 3.63) is 65.0 Å². The van der Waals surface area contributed by atoms with Crippen molar-refractivity contribution < 1.29 is 8.42 Å². The molecule has 0 unspecified atom stereocenters. The summed E-state index contributed by atoms with van der Waals surface area (Å²) in [5, 5.41) is 1.23. The summed E-state index contributed by atoms with van der Waals surface area (Å²) in [6.07, 6.45) is 1.86. The number of benzene rings is 2. The highest BCUT2D eigenvalue weighted by molar-refractivity contribution is 7.99. The zero-order chi connectivity index (χ0) is 20.0. The summed E-state index contributed by atoms with van der Waals surface area (Å²) in [5.41, 5.74) is 0.610. The van der Waals surface area contributed by atoms with Crippen LogP contribution in [0.5, 0.6) is 0 Å². The summed E-state index contributed by atoms with van der Waals surface area (Å²) < 4.78 is 28.9. The smallest absolute Gasteiger partial charge is 0.262 e. The van der Waals surface area contributed by atoms with Crippen LogP contribution in [-0.2, 0) is 16.6 Å². The molecule has 0 bridgehead atoms. The van der Waals surface area contributed by atoms with Crippen LogP contribution in [0.3, 0.4) is 0 Å². The molecule has 0 aliphatic heterocycles. The van der Waals surface area contributed by atoms with Gasteiger partial charge in [-0.25, -0.2) is 18.1 Å². The number of fused-ring (bicyclic) bond motifs is 1. The van der Waals surface area contributed by atoms with E-state index in [0.29, 0.717) is 28.4 Å². The van der Waals surface area contributed by atoms with E-state index in [-0.39, 0.29) is 17.0 Å². The predicted molar refractivity (Wildman–Crippen MR) is 113 cm³/mol. The maximum absolute atomic E-state index is 12.8. The molecule has 0 radical (unpaired) electrons. The third kappa shape index (κ3) is 4.81. The normalized spacial score (nSPS) is 11.8. The van der Waals surface area contributed by atoms with Crippen LogP contribution in [0.4, 0.5) is 0 Å². The fourth-order valence-electron chi connectivity index (χ4n) is 2.77. The Morgan fingerprint density at radius 2 is 1.79 bits per heavy atom. The fraction of sp³-hybridized carbons (Fsp3) is 0.300. The SMILES string of the molecule is CCCCn1c(SCCNS(=O)(=O)c2ccccc2)nc2ccccc2c1=O. The molecule has 148 valence electrons. The van der Waals surface area contributed by atoms with Gasteiger partial charge in [0.25, 0.3) is 5.56 Å². The first-order chi connectivity index (χ1) is 13.5. The van der Waals surface area contributed by atoms with Crippen molar-refractivity contribution >= 4 is 32.7 Å². The van der Waals surface area contributed by atoms with E-state index in [0.717, 1.165) is 12.8 Å². The largest absolute Gasteiger partial charge is 0.287 e. The summed E-state index contributed by atoms with van der Waals surface area (Å²) in [5.74, 6) is 0.475. The Morgan fingerprint density at radius 1 is 1.07 bits per heavy atom. The van der Waals surface area contributed by atoms with E-state index in [1.54, 1.807) is 41.0 Å². The second-order valence-electron chi connectivity index (χ2n) is 6.28. The quantitative estimate of drug-likeness (QED) is 0.328. The van der Waals surface area contributed by atoms with Crippen LogP contribution in [0.25, 0.3) is 10.9 Å². The Morgan fingerprint density at radius 3 is 2.54 bits per heavy atom. The zero-order valence-corrected chi connectivity index (χ0v) is 17.3. The molecule has 0 aliphatic rings. The highest BCUT2D eigenvalue weighted by Gasteiger charge is 2.14. The van der Waals surface area contributed by atoms with E-state index in [1.807, 2.05) is 18.2 Å². The minimum absolute atomic E-state index is 0.0496. The highest BCUT2D eigenvalue weighted by Crippen LogP contribution is 2.18. The van der Waals surface area contributed by atoms with Gasteiger partial charge in [-0.1, -0.05) is 55.4 Å². The predicted octanol–water partition coefficient (Wildman–Crippen LogP) is 3.27. The molecule has 0 fully saturated rings. The maximum Gasteiger partial charge on any atom is 0.262 e. The van der Waals surface area contributed by atoms with Gasteiger partial charge in [0.2, 0.25) is 10.0 Å². The van der Waals surface area contributed by atoms with Crippen LogP contribution in [0.1, 0.15) is 19.8 Å². The second kappa shape index (κ2) is 9.36. The molecule has 1 aromatic heterocycles. The average molecular weight is 418 g/mol.